The summed E-state index contributed by atoms with van der Waals surface area (Å²) in [6.45, 7) is 6.16. The average Bonchev–Trinajstić information content (AvgIpc) is 3.02. The second kappa shape index (κ2) is 7.90. The van der Waals surface area contributed by atoms with Gasteiger partial charge in [0.15, 0.2) is 5.11 Å². The molecule has 2 rings (SSSR count). The zero-order valence-corrected chi connectivity index (χ0v) is 14.0. The fourth-order valence-corrected chi connectivity index (χ4v) is 2.36. The quantitative estimate of drug-likeness (QED) is 0.597. The maximum absolute atomic E-state index is 5.26. The molecule has 0 atom stereocenters. The van der Waals surface area contributed by atoms with Crippen LogP contribution in [0.25, 0.3) is 0 Å². The summed E-state index contributed by atoms with van der Waals surface area (Å²) in [5.74, 6) is 0. The van der Waals surface area contributed by atoms with Gasteiger partial charge in [-0.1, -0.05) is 0 Å². The Morgan fingerprint density at radius 2 is 2.23 bits per heavy atom. The van der Waals surface area contributed by atoms with Gasteiger partial charge in [-0.15, -0.1) is 0 Å². The Bertz CT molecular complexity index is 621. The third-order valence-electron chi connectivity index (χ3n) is 3.09. The third-order valence-corrected chi connectivity index (χ3v) is 3.33. The number of nitrogens with zero attached hydrogens (tertiary/aromatic N) is 4. The van der Waals surface area contributed by atoms with Gasteiger partial charge in [-0.05, 0) is 38.6 Å². The van der Waals surface area contributed by atoms with E-state index in [-0.39, 0.29) is 0 Å². The van der Waals surface area contributed by atoms with Gasteiger partial charge in [0, 0.05) is 25.9 Å². The fourth-order valence-electron chi connectivity index (χ4n) is 2.14. The molecule has 7 nitrogen and oxygen atoms in total. The largest absolute Gasteiger partial charge is 0.362 e. The molecule has 120 valence electrons. The monoisotopic (exact) mass is 322 g/mol. The number of hydrogen-bond donors (Lipinski definition) is 2. The number of nitrogens with one attached hydrogen (secondary N) is 2. The normalized spacial score (nSPS) is 10.7. The molecular weight excluding hydrogens is 300 g/mol. The summed E-state index contributed by atoms with van der Waals surface area (Å²) in [5.41, 5.74) is 3.08. The van der Waals surface area contributed by atoms with E-state index in [0.717, 1.165) is 30.9 Å². The molecule has 2 heterocycles. The van der Waals surface area contributed by atoms with Crippen molar-refractivity contribution in [3.8, 4) is 0 Å². The van der Waals surface area contributed by atoms with Crippen LogP contribution in [-0.2, 0) is 18.0 Å². The number of methoxy groups -OCH3 is 1. The standard InChI is InChI=1S/C14H22N6OS/c1-11-7-12(2)20(18-11)6-4-5-15-14(22)17-13-8-16-19(9-13)10-21-3/h7-9H,4-6,10H2,1-3H3,(H2,15,17,22). The van der Waals surface area contributed by atoms with Crippen molar-refractivity contribution in [1.82, 2.24) is 24.9 Å². The first-order chi connectivity index (χ1) is 10.6. The number of ether oxygens (including phenoxy) is 1. The van der Waals surface area contributed by atoms with E-state index >= 15 is 0 Å². The average molecular weight is 322 g/mol. The molecule has 0 saturated heterocycles. The summed E-state index contributed by atoms with van der Waals surface area (Å²) in [7, 11) is 1.63. The lowest BCUT2D eigenvalue weighted by Crippen LogP contribution is -2.29. The minimum atomic E-state index is 0.421. The number of rotatable bonds is 7. The van der Waals surface area contributed by atoms with Gasteiger partial charge in [-0.25, -0.2) is 4.68 Å². The van der Waals surface area contributed by atoms with Gasteiger partial charge in [0.2, 0.25) is 0 Å². The number of aromatic nitrogens is 4. The molecule has 0 spiro atoms. The molecule has 0 radical (unpaired) electrons. The van der Waals surface area contributed by atoms with E-state index in [2.05, 4.69) is 33.8 Å². The van der Waals surface area contributed by atoms with Crippen LogP contribution in [0.15, 0.2) is 18.5 Å². The smallest absolute Gasteiger partial charge is 0.170 e. The number of thiocarbonyl (C=S) groups is 1. The van der Waals surface area contributed by atoms with Crippen LogP contribution in [0.2, 0.25) is 0 Å². The van der Waals surface area contributed by atoms with Gasteiger partial charge in [-0.2, -0.15) is 10.2 Å². The van der Waals surface area contributed by atoms with Crippen LogP contribution in [0.1, 0.15) is 17.8 Å². The minimum Gasteiger partial charge on any atom is -0.362 e. The molecule has 0 aliphatic heterocycles. The molecule has 0 fully saturated rings. The van der Waals surface area contributed by atoms with Crippen molar-refractivity contribution in [3.63, 3.8) is 0 Å². The number of aryl methyl sites for hydroxylation is 3. The van der Waals surface area contributed by atoms with E-state index in [0.29, 0.717) is 11.8 Å². The summed E-state index contributed by atoms with van der Waals surface area (Å²) < 4.78 is 8.70. The maximum atomic E-state index is 5.26. The lowest BCUT2D eigenvalue weighted by Gasteiger charge is -2.09. The van der Waals surface area contributed by atoms with Gasteiger partial charge in [-0.3, -0.25) is 4.68 Å². The first-order valence-electron chi connectivity index (χ1n) is 7.16. The van der Waals surface area contributed by atoms with E-state index in [1.54, 1.807) is 18.0 Å². The predicted octanol–water partition coefficient (Wildman–Crippen LogP) is 1.68. The molecule has 0 aliphatic carbocycles. The molecule has 2 N–H and O–H groups in total. The van der Waals surface area contributed by atoms with Crippen LogP contribution >= 0.6 is 12.2 Å². The minimum absolute atomic E-state index is 0.421. The van der Waals surface area contributed by atoms with Gasteiger partial charge >= 0.3 is 0 Å². The summed E-state index contributed by atoms with van der Waals surface area (Å²) in [6.07, 6.45) is 4.50. The molecule has 0 aromatic carbocycles. The summed E-state index contributed by atoms with van der Waals surface area (Å²) in [5, 5.41) is 15.4. The van der Waals surface area contributed by atoms with E-state index < -0.39 is 0 Å². The van der Waals surface area contributed by atoms with Crippen molar-refractivity contribution in [1.29, 1.82) is 0 Å². The zero-order chi connectivity index (χ0) is 15.9. The van der Waals surface area contributed by atoms with Gasteiger partial charge < -0.3 is 15.4 Å². The van der Waals surface area contributed by atoms with Crippen molar-refractivity contribution in [2.45, 2.75) is 33.5 Å². The zero-order valence-electron chi connectivity index (χ0n) is 13.2. The Kier molecular flexibility index (Phi) is 5.91. The summed E-state index contributed by atoms with van der Waals surface area (Å²) in [6, 6.07) is 2.08. The van der Waals surface area contributed by atoms with Gasteiger partial charge in [0.1, 0.15) is 6.73 Å². The summed E-state index contributed by atoms with van der Waals surface area (Å²) in [4.78, 5) is 0. The van der Waals surface area contributed by atoms with E-state index in [9.17, 15) is 0 Å². The highest BCUT2D eigenvalue weighted by Gasteiger charge is 2.02. The maximum Gasteiger partial charge on any atom is 0.170 e. The molecule has 0 unspecified atom stereocenters. The highest BCUT2D eigenvalue weighted by atomic mass is 32.1. The second-order valence-electron chi connectivity index (χ2n) is 5.07. The lowest BCUT2D eigenvalue weighted by molar-refractivity contribution is 0.120. The first kappa shape index (κ1) is 16.4. The van der Waals surface area contributed by atoms with Crippen LogP contribution < -0.4 is 10.6 Å². The molecule has 0 bridgehead atoms. The van der Waals surface area contributed by atoms with Crippen molar-refractivity contribution in [2.24, 2.45) is 0 Å². The lowest BCUT2D eigenvalue weighted by atomic mass is 10.4. The van der Waals surface area contributed by atoms with Crippen molar-refractivity contribution in [3.05, 3.63) is 29.8 Å². The molecule has 0 aliphatic rings. The van der Waals surface area contributed by atoms with Crippen LogP contribution in [0.4, 0.5) is 5.69 Å². The van der Waals surface area contributed by atoms with Crippen molar-refractivity contribution < 1.29 is 4.74 Å². The Morgan fingerprint density at radius 3 is 2.91 bits per heavy atom. The topological polar surface area (TPSA) is 68.9 Å². The first-order valence-corrected chi connectivity index (χ1v) is 7.56. The van der Waals surface area contributed by atoms with Crippen LogP contribution in [-0.4, -0.2) is 38.3 Å². The highest BCUT2D eigenvalue weighted by Crippen LogP contribution is 2.05. The highest BCUT2D eigenvalue weighted by molar-refractivity contribution is 7.80. The van der Waals surface area contributed by atoms with Crippen LogP contribution in [0, 0.1) is 13.8 Å². The van der Waals surface area contributed by atoms with E-state index in [4.69, 9.17) is 17.0 Å². The molecule has 2 aromatic heterocycles. The third kappa shape index (κ3) is 4.81. The van der Waals surface area contributed by atoms with Crippen molar-refractivity contribution >= 4 is 23.0 Å². The van der Waals surface area contributed by atoms with E-state index in [1.165, 1.54) is 5.69 Å². The fraction of sp³-hybridized carbons (Fsp3) is 0.500. The summed E-state index contributed by atoms with van der Waals surface area (Å²) >= 11 is 5.26. The Labute approximate surface area is 135 Å². The number of hydrogen-bond acceptors (Lipinski definition) is 4. The van der Waals surface area contributed by atoms with Crippen LogP contribution in [0.3, 0.4) is 0 Å². The van der Waals surface area contributed by atoms with Gasteiger partial charge in [0.25, 0.3) is 0 Å². The van der Waals surface area contributed by atoms with E-state index in [1.807, 2.05) is 17.8 Å². The molecule has 0 amide bonds. The Hall–Kier alpha value is -1.93. The Balaban J connectivity index is 1.68. The predicted molar refractivity (Wildman–Crippen MR) is 89.8 cm³/mol. The van der Waals surface area contributed by atoms with Crippen molar-refractivity contribution in [2.75, 3.05) is 19.0 Å². The number of anilines is 1. The second-order valence-corrected chi connectivity index (χ2v) is 5.48. The van der Waals surface area contributed by atoms with Gasteiger partial charge in [0.05, 0.1) is 23.8 Å². The Morgan fingerprint density at radius 1 is 1.41 bits per heavy atom. The molecule has 2 aromatic rings. The molecule has 0 saturated carbocycles. The molecular formula is C14H22N6OS. The SMILES string of the molecule is COCn1cc(NC(=S)NCCCn2nc(C)cc2C)cn1. The van der Waals surface area contributed by atoms with Crippen LogP contribution in [0.5, 0.6) is 0 Å². The molecule has 22 heavy (non-hydrogen) atoms. The molecule has 8 heteroatoms.